The molecule has 13 rings (SSSR count). The van der Waals surface area contributed by atoms with Crippen LogP contribution in [-0.4, -0.2) is 6.71 Å². The molecular weight excluding hydrogens is 1030 g/mol. The van der Waals surface area contributed by atoms with Gasteiger partial charge < -0.3 is 19.1 Å². The smallest absolute Gasteiger partial charge is 0.252 e. The van der Waals surface area contributed by atoms with Gasteiger partial charge in [-0.1, -0.05) is 199 Å². The molecule has 0 radical (unpaired) electrons. The monoisotopic (exact) mass is 1120 g/mol. The van der Waals surface area contributed by atoms with E-state index in [1.807, 2.05) is 0 Å². The molecule has 85 heavy (non-hydrogen) atoms. The maximum absolute atomic E-state index is 7.16. The first-order valence-electron chi connectivity index (χ1n) is 31.9. The highest BCUT2D eigenvalue weighted by molar-refractivity contribution is 7.00. The van der Waals surface area contributed by atoms with Crippen LogP contribution in [-0.2, 0) is 43.3 Å². The van der Waals surface area contributed by atoms with Gasteiger partial charge in [0.15, 0.2) is 0 Å². The number of fused-ring (bicyclic) bond motifs is 9. The molecule has 436 valence electrons. The first-order chi connectivity index (χ1) is 39.6. The summed E-state index contributed by atoms with van der Waals surface area (Å²) in [5, 5.41) is 2.29. The molecule has 0 atom stereocenters. The van der Waals surface area contributed by atoms with E-state index in [1.165, 1.54) is 95.8 Å². The Kier molecular flexibility index (Phi) is 12.6. The second-order valence-electron chi connectivity index (χ2n) is 32.9. The van der Waals surface area contributed by atoms with Crippen molar-refractivity contribution in [2.75, 3.05) is 14.7 Å². The number of anilines is 9. The molecule has 4 nitrogen and oxygen atoms in total. The highest BCUT2D eigenvalue weighted by Gasteiger charge is 2.49. The molecule has 0 fully saturated rings. The van der Waals surface area contributed by atoms with Crippen LogP contribution in [0.2, 0.25) is 0 Å². The molecular formula is C80H92BN3O. The molecule has 0 saturated carbocycles. The van der Waals surface area contributed by atoms with Crippen LogP contribution in [0.1, 0.15) is 209 Å². The number of nitrogens with zero attached hydrogens (tertiary/aromatic N) is 3. The van der Waals surface area contributed by atoms with E-state index in [2.05, 4.69) is 299 Å². The molecule has 0 amide bonds. The molecule has 9 aromatic rings. The lowest BCUT2D eigenvalue weighted by Crippen LogP contribution is -2.62. The highest BCUT2D eigenvalue weighted by Crippen LogP contribution is 2.55. The fourth-order valence-corrected chi connectivity index (χ4v) is 15.2. The maximum Gasteiger partial charge on any atom is 0.252 e. The molecule has 2 aliphatic heterocycles. The summed E-state index contributed by atoms with van der Waals surface area (Å²) < 4.78 is 7.16. The standard InChI is InChI=1S/C80H92BN3O/c1-73(2,3)49-25-29-52(30-26-49)82(53-31-27-50(28-32-53)74(4,5)6)55-34-37-62-65(46-55)84(64-38-35-57-56-23-21-22-24-69(56)85-72(57)70(64)76(10,11)12)68-44-51(75(7,8)9)43-67-71(68)81(62)63-47-60-61(80(19,20)42-41-79(60,17)18)48-66(63)83(67)54-33-36-58-59(45-54)78(15,16)40-39-77(58,13)14/h21-38,43-48H,39-42H2,1-20H3. The summed E-state index contributed by atoms with van der Waals surface area (Å²) in [4.78, 5) is 7.91. The van der Waals surface area contributed by atoms with Crippen molar-refractivity contribution < 1.29 is 4.42 Å². The van der Waals surface area contributed by atoms with E-state index < -0.39 is 0 Å². The van der Waals surface area contributed by atoms with Crippen LogP contribution in [0.3, 0.4) is 0 Å². The van der Waals surface area contributed by atoms with Crippen molar-refractivity contribution in [3.63, 3.8) is 0 Å². The number of hydrogen-bond donors (Lipinski definition) is 0. The van der Waals surface area contributed by atoms with Crippen molar-refractivity contribution in [2.45, 2.75) is 207 Å². The Morgan fingerprint density at radius 3 is 1.44 bits per heavy atom. The summed E-state index contributed by atoms with van der Waals surface area (Å²) >= 11 is 0. The maximum atomic E-state index is 7.16. The van der Waals surface area contributed by atoms with Gasteiger partial charge in [-0.05, 0) is 209 Å². The Balaban J connectivity index is 1.17. The van der Waals surface area contributed by atoms with Gasteiger partial charge in [-0.25, -0.2) is 0 Å². The molecule has 0 saturated heterocycles. The first kappa shape index (κ1) is 57.1. The largest absolute Gasteiger partial charge is 0.456 e. The van der Waals surface area contributed by atoms with Gasteiger partial charge in [0, 0.05) is 61.8 Å². The van der Waals surface area contributed by atoms with Crippen LogP contribution < -0.4 is 31.1 Å². The van der Waals surface area contributed by atoms with Gasteiger partial charge in [0.1, 0.15) is 11.2 Å². The van der Waals surface area contributed by atoms with Gasteiger partial charge in [0.25, 0.3) is 6.71 Å². The van der Waals surface area contributed by atoms with Gasteiger partial charge >= 0.3 is 0 Å². The van der Waals surface area contributed by atoms with Crippen LogP contribution in [0.15, 0.2) is 150 Å². The second-order valence-corrected chi connectivity index (χ2v) is 32.9. The van der Waals surface area contributed by atoms with E-state index >= 15 is 0 Å². The average molecular weight is 1120 g/mol. The van der Waals surface area contributed by atoms with Crippen LogP contribution in [0, 0.1) is 0 Å². The number of furan rings is 1. The summed E-state index contributed by atoms with van der Waals surface area (Å²) in [7, 11) is 0. The van der Waals surface area contributed by atoms with Crippen molar-refractivity contribution >= 4 is 96.2 Å². The molecule has 0 N–H and O–H groups in total. The average Bonchev–Trinajstić information content (AvgIpc) is 0.774. The lowest BCUT2D eigenvalue weighted by atomic mass is 9.33. The molecule has 4 aliphatic rings. The Labute approximate surface area is 510 Å². The van der Waals surface area contributed by atoms with Gasteiger partial charge in [0.05, 0.1) is 5.69 Å². The SMILES string of the molecule is CC(C)(C)c1ccc(N(c2ccc(C(C)(C)C)cc2)c2ccc3c(c2)N(c2ccc4c(oc5ccccc54)c2C(C)(C)C)c2cc(C(C)(C)C)cc4c2B3c2cc3c(cc2N4c2ccc4c(c2)C(C)(C)CCC4(C)C)C(C)(C)CCC3(C)C)cc1. The molecule has 8 aromatic carbocycles. The van der Waals surface area contributed by atoms with E-state index in [0.717, 1.165) is 64.0 Å². The van der Waals surface area contributed by atoms with E-state index in [4.69, 9.17) is 4.42 Å². The zero-order valence-corrected chi connectivity index (χ0v) is 55.0. The fourth-order valence-electron chi connectivity index (χ4n) is 15.2. The van der Waals surface area contributed by atoms with Crippen molar-refractivity contribution in [2.24, 2.45) is 0 Å². The summed E-state index contributed by atoms with van der Waals surface area (Å²) in [6.45, 7) is 47.9. The second kappa shape index (κ2) is 18.8. The van der Waals surface area contributed by atoms with E-state index in [-0.39, 0.29) is 50.0 Å². The van der Waals surface area contributed by atoms with E-state index in [0.29, 0.717) is 0 Å². The quantitative estimate of drug-likeness (QED) is 0.160. The summed E-state index contributed by atoms with van der Waals surface area (Å²) in [5.74, 6) is 0. The number of hydrogen-bond acceptors (Lipinski definition) is 4. The highest BCUT2D eigenvalue weighted by atomic mass is 16.3. The van der Waals surface area contributed by atoms with Crippen LogP contribution in [0.5, 0.6) is 0 Å². The van der Waals surface area contributed by atoms with E-state index in [1.54, 1.807) is 0 Å². The van der Waals surface area contributed by atoms with Gasteiger partial charge in [-0.3, -0.25) is 0 Å². The number of rotatable bonds is 5. The normalized spacial score (nSPS) is 17.5. The molecule has 0 unspecified atom stereocenters. The fraction of sp³-hybridized carbons (Fsp3) is 0.400. The van der Waals surface area contributed by atoms with Crippen molar-refractivity contribution in [3.05, 3.63) is 190 Å². The van der Waals surface area contributed by atoms with Crippen LogP contribution >= 0.6 is 0 Å². The molecule has 0 bridgehead atoms. The summed E-state index contributed by atoms with van der Waals surface area (Å²) in [6, 6.07) is 57.6. The minimum Gasteiger partial charge on any atom is -0.456 e. The molecule has 1 aromatic heterocycles. The van der Waals surface area contributed by atoms with Gasteiger partial charge in [-0.2, -0.15) is 0 Å². The Morgan fingerprint density at radius 1 is 0.388 bits per heavy atom. The van der Waals surface area contributed by atoms with Gasteiger partial charge in [0.2, 0.25) is 0 Å². The van der Waals surface area contributed by atoms with E-state index in [9.17, 15) is 0 Å². The third-order valence-corrected chi connectivity index (χ3v) is 20.7. The predicted molar refractivity (Wildman–Crippen MR) is 368 cm³/mol. The predicted octanol–water partition coefficient (Wildman–Crippen LogP) is 21.0. The minimum absolute atomic E-state index is 0.000566. The number of benzene rings is 8. The van der Waals surface area contributed by atoms with Crippen molar-refractivity contribution in [1.82, 2.24) is 0 Å². The third-order valence-electron chi connectivity index (χ3n) is 20.7. The molecule has 2 aliphatic carbocycles. The molecule has 3 heterocycles. The lowest BCUT2D eigenvalue weighted by molar-refractivity contribution is 0.332. The van der Waals surface area contributed by atoms with Crippen LogP contribution in [0.25, 0.3) is 21.9 Å². The third kappa shape index (κ3) is 9.20. The van der Waals surface area contributed by atoms with Crippen LogP contribution in [0.4, 0.5) is 51.2 Å². The zero-order chi connectivity index (χ0) is 60.7. The number of para-hydroxylation sites is 1. The minimum atomic E-state index is -0.325. The molecule has 0 spiro atoms. The Hall–Kier alpha value is -6.98. The van der Waals surface area contributed by atoms with Crippen molar-refractivity contribution in [3.8, 4) is 0 Å². The summed E-state index contributed by atoms with van der Waals surface area (Å²) in [5.41, 5.74) is 27.3. The van der Waals surface area contributed by atoms with Crippen molar-refractivity contribution in [1.29, 1.82) is 0 Å². The molecule has 5 heteroatoms. The van der Waals surface area contributed by atoms with Gasteiger partial charge in [-0.15, -0.1) is 0 Å². The Bertz CT molecular complexity index is 4120. The first-order valence-corrected chi connectivity index (χ1v) is 31.9. The lowest BCUT2D eigenvalue weighted by Gasteiger charge is -2.48. The zero-order valence-electron chi connectivity index (χ0n) is 55.0. The summed E-state index contributed by atoms with van der Waals surface area (Å²) in [6.07, 6.45) is 4.62. The Morgan fingerprint density at radius 2 is 0.882 bits per heavy atom. The topological polar surface area (TPSA) is 22.9 Å².